The lowest BCUT2D eigenvalue weighted by Crippen LogP contribution is -2.23. The van der Waals surface area contributed by atoms with Crippen molar-refractivity contribution in [1.82, 2.24) is 4.98 Å². The molecule has 21 heavy (non-hydrogen) atoms. The molecule has 5 heteroatoms. The van der Waals surface area contributed by atoms with Gasteiger partial charge in [0.2, 0.25) is 0 Å². The van der Waals surface area contributed by atoms with Gasteiger partial charge in [0.1, 0.15) is 0 Å². The van der Waals surface area contributed by atoms with Crippen LogP contribution in [0.5, 0.6) is 0 Å². The van der Waals surface area contributed by atoms with Crippen LogP contribution in [-0.4, -0.2) is 37.1 Å². The first kappa shape index (κ1) is 13.8. The van der Waals surface area contributed by atoms with Crippen LogP contribution in [-0.2, 0) is 9.47 Å². The molecule has 3 rings (SSSR count). The van der Waals surface area contributed by atoms with Crippen LogP contribution in [0, 0.1) is 5.92 Å². The molecule has 0 amide bonds. The average Bonchev–Trinajstić information content (AvgIpc) is 2.97. The van der Waals surface area contributed by atoms with Crippen molar-refractivity contribution in [1.29, 1.82) is 0 Å². The molecule has 1 N–H and O–H groups in total. The summed E-state index contributed by atoms with van der Waals surface area (Å²) >= 11 is 0. The molecule has 2 aromatic rings. The maximum absolute atomic E-state index is 12.6. The first-order valence-electron chi connectivity index (χ1n) is 7.02. The summed E-state index contributed by atoms with van der Waals surface area (Å²) < 4.78 is 10.00. The summed E-state index contributed by atoms with van der Waals surface area (Å²) in [5.41, 5.74) is 1.93. The number of ketones is 1. The average molecular weight is 287 g/mol. The minimum absolute atomic E-state index is 0.0260. The number of aromatic nitrogens is 1. The summed E-state index contributed by atoms with van der Waals surface area (Å²) in [7, 11) is 1.35. The molecular formula is C16H17NO4. The van der Waals surface area contributed by atoms with Gasteiger partial charge >= 0.3 is 5.97 Å². The number of carbonyl (C=O) groups is 2. The topological polar surface area (TPSA) is 68.4 Å². The van der Waals surface area contributed by atoms with E-state index in [2.05, 4.69) is 4.98 Å². The van der Waals surface area contributed by atoms with E-state index in [1.54, 1.807) is 24.4 Å². The molecule has 0 spiro atoms. The second-order valence-corrected chi connectivity index (χ2v) is 5.21. The minimum Gasteiger partial charge on any atom is -0.465 e. The lowest BCUT2D eigenvalue weighted by atomic mass is 9.91. The summed E-state index contributed by atoms with van der Waals surface area (Å²) in [6.45, 7) is 1.29. The number of hydrogen-bond donors (Lipinski definition) is 1. The van der Waals surface area contributed by atoms with E-state index in [0.29, 0.717) is 24.3 Å². The van der Waals surface area contributed by atoms with Crippen molar-refractivity contribution in [3.63, 3.8) is 0 Å². The quantitative estimate of drug-likeness (QED) is 0.696. The van der Waals surface area contributed by atoms with Crippen LogP contribution in [0.25, 0.3) is 10.9 Å². The molecule has 5 nitrogen and oxygen atoms in total. The predicted molar refractivity (Wildman–Crippen MR) is 77.5 cm³/mol. The van der Waals surface area contributed by atoms with Gasteiger partial charge in [-0.25, -0.2) is 4.79 Å². The Labute approximate surface area is 122 Å². The number of hydrogen-bond acceptors (Lipinski definition) is 4. The van der Waals surface area contributed by atoms with Gasteiger partial charge in [-0.2, -0.15) is 0 Å². The largest absolute Gasteiger partial charge is 0.465 e. The van der Waals surface area contributed by atoms with Gasteiger partial charge in [-0.3, -0.25) is 4.79 Å². The number of benzene rings is 1. The Balaban J connectivity index is 1.93. The Kier molecular flexibility index (Phi) is 3.75. The van der Waals surface area contributed by atoms with E-state index in [9.17, 15) is 9.59 Å². The van der Waals surface area contributed by atoms with Crippen LogP contribution in [0.3, 0.4) is 0 Å². The molecule has 0 aliphatic carbocycles. The highest BCUT2D eigenvalue weighted by molar-refractivity contribution is 6.09. The van der Waals surface area contributed by atoms with Gasteiger partial charge in [-0.15, -0.1) is 0 Å². The lowest BCUT2D eigenvalue weighted by Gasteiger charge is -2.20. The van der Waals surface area contributed by atoms with Gasteiger partial charge in [0, 0.05) is 41.8 Å². The molecule has 1 aliphatic heterocycles. The number of rotatable bonds is 3. The fraction of sp³-hybridized carbons (Fsp3) is 0.375. The molecule has 0 saturated carbocycles. The third kappa shape index (κ3) is 2.56. The fourth-order valence-electron chi connectivity index (χ4n) is 2.75. The number of esters is 1. The molecule has 2 heterocycles. The predicted octanol–water partition coefficient (Wildman–Crippen LogP) is 2.56. The summed E-state index contributed by atoms with van der Waals surface area (Å²) in [6, 6.07) is 5.19. The zero-order valence-electron chi connectivity index (χ0n) is 11.8. The highest BCUT2D eigenvalue weighted by Crippen LogP contribution is 2.26. The van der Waals surface area contributed by atoms with Crippen LogP contribution in [0.15, 0.2) is 24.4 Å². The molecule has 1 aromatic carbocycles. The van der Waals surface area contributed by atoms with E-state index in [0.717, 1.165) is 23.7 Å². The smallest absolute Gasteiger partial charge is 0.337 e. The Morgan fingerprint density at radius 1 is 1.29 bits per heavy atom. The zero-order chi connectivity index (χ0) is 14.8. The van der Waals surface area contributed by atoms with Gasteiger partial charge in [0.05, 0.1) is 12.7 Å². The number of Topliss-reactive ketones (excluding diaryl/α,β-unsaturated/α-hetero) is 1. The molecule has 110 valence electrons. The van der Waals surface area contributed by atoms with Crippen molar-refractivity contribution in [2.24, 2.45) is 5.92 Å². The molecule has 1 aromatic heterocycles. The second kappa shape index (κ2) is 5.69. The lowest BCUT2D eigenvalue weighted by molar-refractivity contribution is 0.0546. The number of aromatic amines is 1. The molecule has 0 atom stereocenters. The third-order valence-electron chi connectivity index (χ3n) is 3.96. The maximum atomic E-state index is 12.6. The van der Waals surface area contributed by atoms with Gasteiger partial charge < -0.3 is 14.5 Å². The summed E-state index contributed by atoms with van der Waals surface area (Å²) in [4.78, 5) is 27.2. The van der Waals surface area contributed by atoms with Crippen molar-refractivity contribution >= 4 is 22.7 Å². The van der Waals surface area contributed by atoms with Crippen molar-refractivity contribution in [2.75, 3.05) is 20.3 Å². The number of ether oxygens (including phenoxy) is 2. The van der Waals surface area contributed by atoms with Gasteiger partial charge in [-0.05, 0) is 25.0 Å². The number of fused-ring (bicyclic) bond motifs is 1. The summed E-state index contributed by atoms with van der Waals surface area (Å²) in [6.07, 6.45) is 3.26. The Bertz CT molecular complexity index is 683. The van der Waals surface area contributed by atoms with E-state index in [4.69, 9.17) is 9.47 Å². The third-order valence-corrected chi connectivity index (χ3v) is 3.96. The van der Waals surface area contributed by atoms with Crippen LogP contribution in [0.2, 0.25) is 0 Å². The molecule has 1 fully saturated rings. The highest BCUT2D eigenvalue weighted by atomic mass is 16.5. The summed E-state index contributed by atoms with van der Waals surface area (Å²) in [5, 5.41) is 0.846. The summed E-state index contributed by atoms with van der Waals surface area (Å²) in [5.74, 6) is -0.211. The normalized spacial score (nSPS) is 16.0. The van der Waals surface area contributed by atoms with Crippen molar-refractivity contribution in [3.05, 3.63) is 35.5 Å². The molecule has 0 radical (unpaired) electrons. The highest BCUT2D eigenvalue weighted by Gasteiger charge is 2.25. The maximum Gasteiger partial charge on any atom is 0.337 e. The molecular weight excluding hydrogens is 270 g/mol. The van der Waals surface area contributed by atoms with E-state index in [1.165, 1.54) is 7.11 Å². The van der Waals surface area contributed by atoms with E-state index >= 15 is 0 Å². The van der Waals surface area contributed by atoms with E-state index in [-0.39, 0.29) is 17.7 Å². The monoisotopic (exact) mass is 287 g/mol. The zero-order valence-corrected chi connectivity index (χ0v) is 11.8. The van der Waals surface area contributed by atoms with Crippen molar-refractivity contribution in [2.45, 2.75) is 12.8 Å². The van der Waals surface area contributed by atoms with Gasteiger partial charge in [0.25, 0.3) is 0 Å². The first-order chi connectivity index (χ1) is 10.2. The molecule has 1 aliphatic rings. The van der Waals surface area contributed by atoms with Crippen LogP contribution < -0.4 is 0 Å². The standard InChI is InChI=1S/C16H17NO4/c1-20-16(19)11-2-3-12-13(9-17-14(12)8-11)15(18)10-4-6-21-7-5-10/h2-3,8-10,17H,4-7H2,1H3. The van der Waals surface area contributed by atoms with E-state index in [1.807, 2.05) is 0 Å². The minimum atomic E-state index is -0.385. The number of methoxy groups -OCH3 is 1. The van der Waals surface area contributed by atoms with Crippen LogP contribution >= 0.6 is 0 Å². The number of carbonyl (C=O) groups excluding carboxylic acids is 2. The number of H-pyrrole nitrogens is 1. The number of nitrogens with one attached hydrogen (secondary N) is 1. The van der Waals surface area contributed by atoms with E-state index < -0.39 is 0 Å². The van der Waals surface area contributed by atoms with Crippen molar-refractivity contribution in [3.8, 4) is 0 Å². The molecule has 0 bridgehead atoms. The Morgan fingerprint density at radius 2 is 2.05 bits per heavy atom. The second-order valence-electron chi connectivity index (χ2n) is 5.21. The Hall–Kier alpha value is -2.14. The molecule has 0 unspecified atom stereocenters. The van der Waals surface area contributed by atoms with Gasteiger partial charge in [0.15, 0.2) is 5.78 Å². The first-order valence-corrected chi connectivity index (χ1v) is 7.02. The molecule has 1 saturated heterocycles. The van der Waals surface area contributed by atoms with Crippen molar-refractivity contribution < 1.29 is 19.1 Å². The Morgan fingerprint density at radius 3 is 2.76 bits per heavy atom. The fourth-order valence-corrected chi connectivity index (χ4v) is 2.75. The SMILES string of the molecule is COC(=O)c1ccc2c(C(=O)C3CCOCC3)c[nH]c2c1. The van der Waals surface area contributed by atoms with Crippen LogP contribution in [0.1, 0.15) is 33.6 Å². The van der Waals surface area contributed by atoms with Crippen LogP contribution in [0.4, 0.5) is 0 Å². The van der Waals surface area contributed by atoms with Gasteiger partial charge in [-0.1, -0.05) is 6.07 Å².